The number of carbonyl (C=O) groups excluding carboxylic acids is 1. The molecule has 3 fully saturated rings. The highest BCUT2D eigenvalue weighted by Gasteiger charge is 2.50. The Morgan fingerprint density at radius 3 is 2.59 bits per heavy atom. The van der Waals surface area contributed by atoms with Crippen molar-refractivity contribution in [3.05, 3.63) is 34.9 Å². The topological polar surface area (TPSA) is 92.9 Å². The van der Waals surface area contributed by atoms with Crippen LogP contribution in [0, 0.1) is 19.3 Å². The van der Waals surface area contributed by atoms with E-state index in [9.17, 15) is 4.79 Å². The second kappa shape index (κ2) is 8.82. The monoisotopic (exact) mass is 504 g/mol. The molecule has 3 aromatic rings. The Kier molecular flexibility index (Phi) is 5.82. The number of amides is 1. The van der Waals surface area contributed by atoms with Gasteiger partial charge in [0.1, 0.15) is 0 Å². The van der Waals surface area contributed by atoms with Crippen LogP contribution in [0.1, 0.15) is 68.1 Å². The Hall–Kier alpha value is -2.94. The molecule has 3 aliphatic carbocycles. The maximum Gasteiger partial charge on any atom is 0.237 e. The maximum absolute atomic E-state index is 12.6. The number of aryl methyl sites for hydroxylation is 3. The van der Waals surface area contributed by atoms with E-state index in [1.54, 1.807) is 0 Å². The minimum Gasteiger partial charge on any atom is -0.366 e. The highest BCUT2D eigenvalue weighted by molar-refractivity contribution is 5.89. The molecule has 4 heterocycles. The summed E-state index contributed by atoms with van der Waals surface area (Å²) in [5, 5.41) is 17.1. The van der Waals surface area contributed by atoms with Gasteiger partial charge < -0.3 is 15.5 Å². The number of fused-ring (bicyclic) bond motifs is 5. The van der Waals surface area contributed by atoms with Crippen LogP contribution in [0.3, 0.4) is 0 Å². The second-order valence-electron chi connectivity index (χ2n) is 11.9. The number of hydrogen-bond donors (Lipinski definition) is 2. The molecule has 1 aliphatic heterocycles. The molecule has 37 heavy (non-hydrogen) atoms. The van der Waals surface area contributed by atoms with Gasteiger partial charge in [-0.1, -0.05) is 0 Å². The predicted octanol–water partition coefficient (Wildman–Crippen LogP) is 3.16. The largest absolute Gasteiger partial charge is 0.366 e. The number of rotatable bonds is 6. The molecule has 2 bridgehead atoms. The van der Waals surface area contributed by atoms with E-state index in [0.717, 1.165) is 87.0 Å². The minimum atomic E-state index is -0.147. The Bertz CT molecular complexity index is 1330. The Labute approximate surface area is 219 Å². The van der Waals surface area contributed by atoms with Crippen molar-refractivity contribution in [1.82, 2.24) is 35.2 Å². The van der Waals surface area contributed by atoms with Crippen molar-refractivity contribution in [2.24, 2.45) is 12.5 Å². The zero-order valence-electron chi connectivity index (χ0n) is 22.9. The first kappa shape index (κ1) is 24.4. The molecule has 1 atom stereocenters. The van der Waals surface area contributed by atoms with Gasteiger partial charge in [0, 0.05) is 55.6 Å². The number of anilines is 1. The first-order valence-corrected chi connectivity index (χ1v) is 13.8. The third kappa shape index (κ3) is 4.11. The third-order valence-electron chi connectivity index (χ3n) is 9.59. The molecule has 1 amide bonds. The van der Waals surface area contributed by atoms with Crippen LogP contribution < -0.4 is 15.5 Å². The molecule has 4 aliphatic rings. The Morgan fingerprint density at radius 2 is 1.89 bits per heavy atom. The molecule has 0 spiro atoms. The van der Waals surface area contributed by atoms with E-state index >= 15 is 0 Å². The summed E-state index contributed by atoms with van der Waals surface area (Å²) in [7, 11) is 3.80. The molecule has 9 nitrogen and oxygen atoms in total. The first-order valence-electron chi connectivity index (χ1n) is 13.8. The standard InChI is InChI=1S/C28H40N8O/c1-18-14-24(21-15-30-34(5)25(21)31-18)35-13-6-23-22(16-35)19(2)33-36(23)17-27-7-10-28(11-8-27,12-9-27)32-26(37)20(3)29-4/h14-15,20,29H,6-13,16-17H2,1-5H3,(H,32,37)/t20-,27?,28?/m1/s1. The fraction of sp³-hybridized carbons (Fsp3) is 0.643. The van der Waals surface area contributed by atoms with E-state index in [4.69, 9.17) is 10.1 Å². The van der Waals surface area contributed by atoms with Crippen molar-refractivity contribution in [1.29, 1.82) is 0 Å². The highest BCUT2D eigenvalue weighted by atomic mass is 16.2. The van der Waals surface area contributed by atoms with Crippen molar-refractivity contribution in [2.75, 3.05) is 18.5 Å². The van der Waals surface area contributed by atoms with Crippen LogP contribution in [0.2, 0.25) is 0 Å². The molecular weight excluding hydrogens is 464 g/mol. The number of aromatic nitrogens is 5. The molecule has 3 saturated carbocycles. The lowest BCUT2D eigenvalue weighted by molar-refractivity contribution is -0.127. The molecule has 0 aromatic carbocycles. The lowest BCUT2D eigenvalue weighted by Gasteiger charge is -2.54. The highest BCUT2D eigenvalue weighted by Crippen LogP contribution is 2.53. The maximum atomic E-state index is 12.6. The van der Waals surface area contributed by atoms with Crippen molar-refractivity contribution in [3.8, 4) is 0 Å². The van der Waals surface area contributed by atoms with Gasteiger partial charge in [-0.05, 0) is 77.8 Å². The lowest BCUT2D eigenvalue weighted by atomic mass is 9.57. The summed E-state index contributed by atoms with van der Waals surface area (Å²) >= 11 is 0. The van der Waals surface area contributed by atoms with Crippen molar-refractivity contribution < 1.29 is 4.79 Å². The number of carbonyl (C=O) groups is 1. The van der Waals surface area contributed by atoms with E-state index in [1.807, 2.05) is 31.9 Å². The van der Waals surface area contributed by atoms with Gasteiger partial charge in [-0.25, -0.2) is 4.98 Å². The summed E-state index contributed by atoms with van der Waals surface area (Å²) in [6, 6.07) is 2.05. The third-order valence-corrected chi connectivity index (χ3v) is 9.59. The van der Waals surface area contributed by atoms with E-state index in [0.29, 0.717) is 5.41 Å². The molecule has 9 heteroatoms. The first-order chi connectivity index (χ1) is 17.7. The average molecular weight is 505 g/mol. The van der Waals surface area contributed by atoms with E-state index < -0.39 is 0 Å². The summed E-state index contributed by atoms with van der Waals surface area (Å²) in [5.41, 5.74) is 7.41. The smallest absolute Gasteiger partial charge is 0.237 e. The number of pyridine rings is 1. The van der Waals surface area contributed by atoms with Gasteiger partial charge in [0.2, 0.25) is 5.91 Å². The van der Waals surface area contributed by atoms with Gasteiger partial charge in [-0.15, -0.1) is 0 Å². The van der Waals surface area contributed by atoms with E-state index in [1.165, 1.54) is 16.9 Å². The lowest BCUT2D eigenvalue weighted by Crippen LogP contribution is -2.59. The number of nitrogens with one attached hydrogen (secondary N) is 2. The minimum absolute atomic E-state index is 0.00971. The average Bonchev–Trinajstić information content (AvgIpc) is 3.42. The quantitative estimate of drug-likeness (QED) is 0.536. The van der Waals surface area contributed by atoms with Crippen LogP contribution in [-0.2, 0) is 31.4 Å². The summed E-state index contributed by atoms with van der Waals surface area (Å²) in [4.78, 5) is 19.8. The van der Waals surface area contributed by atoms with Crippen molar-refractivity contribution in [3.63, 3.8) is 0 Å². The Morgan fingerprint density at radius 1 is 1.16 bits per heavy atom. The van der Waals surface area contributed by atoms with E-state index in [2.05, 4.69) is 45.2 Å². The SMILES string of the molecule is CN[C@H](C)C(=O)NC12CCC(Cn3nc(C)c4c3CCN(c3cc(C)nc5c3cnn5C)C4)(CC1)CC2. The zero-order chi connectivity index (χ0) is 25.9. The van der Waals surface area contributed by atoms with Crippen LogP contribution in [0.5, 0.6) is 0 Å². The number of nitrogens with zero attached hydrogens (tertiary/aromatic N) is 6. The molecule has 0 radical (unpaired) electrons. The summed E-state index contributed by atoms with van der Waals surface area (Å²) in [6.45, 7) is 9.00. The van der Waals surface area contributed by atoms with Crippen LogP contribution >= 0.6 is 0 Å². The van der Waals surface area contributed by atoms with E-state index in [-0.39, 0.29) is 17.5 Å². The molecular formula is C28H40N8O. The summed E-state index contributed by atoms with van der Waals surface area (Å²) in [5.74, 6) is 0.131. The van der Waals surface area contributed by atoms with Crippen molar-refractivity contribution >= 4 is 22.6 Å². The van der Waals surface area contributed by atoms with Gasteiger partial charge in [0.05, 0.1) is 29.0 Å². The number of hydrogen-bond acceptors (Lipinski definition) is 6. The normalized spacial score (nSPS) is 25.9. The molecule has 3 aromatic heterocycles. The summed E-state index contributed by atoms with van der Waals surface area (Å²) in [6.07, 6.45) is 9.66. The van der Waals surface area contributed by atoms with Crippen molar-refractivity contribution in [2.45, 2.75) is 90.4 Å². The van der Waals surface area contributed by atoms with Gasteiger partial charge in [0.15, 0.2) is 5.65 Å². The zero-order valence-corrected chi connectivity index (χ0v) is 22.9. The van der Waals surface area contributed by atoms with Gasteiger partial charge in [0.25, 0.3) is 0 Å². The predicted molar refractivity (Wildman–Crippen MR) is 144 cm³/mol. The fourth-order valence-corrected chi connectivity index (χ4v) is 6.99. The van der Waals surface area contributed by atoms with Crippen LogP contribution in [0.15, 0.2) is 12.3 Å². The summed E-state index contributed by atoms with van der Waals surface area (Å²) < 4.78 is 4.21. The Balaban J connectivity index is 1.19. The molecule has 7 rings (SSSR count). The van der Waals surface area contributed by atoms with Gasteiger partial charge in [-0.2, -0.15) is 10.2 Å². The van der Waals surface area contributed by atoms with Crippen LogP contribution in [-0.4, -0.2) is 55.6 Å². The molecule has 198 valence electrons. The van der Waals surface area contributed by atoms with Crippen LogP contribution in [0.25, 0.3) is 11.0 Å². The number of likely N-dealkylation sites (N-methyl/N-ethyl adjacent to an activating group) is 1. The fourth-order valence-electron chi connectivity index (χ4n) is 6.99. The van der Waals surface area contributed by atoms with Crippen LogP contribution in [0.4, 0.5) is 5.69 Å². The van der Waals surface area contributed by atoms with Gasteiger partial charge in [-0.3, -0.25) is 14.2 Å². The van der Waals surface area contributed by atoms with Gasteiger partial charge >= 0.3 is 0 Å². The molecule has 0 unspecified atom stereocenters. The second-order valence-corrected chi connectivity index (χ2v) is 11.9. The molecule has 2 N–H and O–H groups in total. The molecule has 0 saturated heterocycles.